The Balaban J connectivity index is 1.76. The summed E-state index contributed by atoms with van der Waals surface area (Å²) in [5, 5.41) is 14.8. The third-order valence-corrected chi connectivity index (χ3v) is 4.68. The van der Waals surface area contributed by atoms with Gasteiger partial charge >= 0.3 is 0 Å². The maximum Gasteiger partial charge on any atom is 0.270 e. The number of nitro benzene ring substituents is 1. The number of anilines is 1. The van der Waals surface area contributed by atoms with Gasteiger partial charge in [0, 0.05) is 12.1 Å². The zero-order valence-electron chi connectivity index (χ0n) is 13.1. The second-order valence-electron chi connectivity index (χ2n) is 5.25. The molecular weight excluding hydrogens is 365 g/mol. The number of aromatic nitrogens is 3. The van der Waals surface area contributed by atoms with E-state index in [4.69, 9.17) is 0 Å². The molecule has 0 radical (unpaired) electrons. The zero-order chi connectivity index (χ0) is 18.7. The quantitative estimate of drug-likeness (QED) is 0.519. The SMILES string of the molecule is O=[N+]([O-])c1cccc(S(=O)(=O)Nc2ncn(Cc3ccc(F)cc3)n2)c1. The van der Waals surface area contributed by atoms with Crippen molar-refractivity contribution in [1.29, 1.82) is 0 Å². The molecule has 0 fully saturated rings. The van der Waals surface area contributed by atoms with Crippen LogP contribution in [0.25, 0.3) is 0 Å². The summed E-state index contributed by atoms with van der Waals surface area (Å²) in [5.74, 6) is -0.545. The van der Waals surface area contributed by atoms with Crippen LogP contribution in [0.5, 0.6) is 0 Å². The van der Waals surface area contributed by atoms with Gasteiger partial charge in [-0.15, -0.1) is 5.10 Å². The largest absolute Gasteiger partial charge is 0.270 e. The van der Waals surface area contributed by atoms with Crippen molar-refractivity contribution in [2.75, 3.05) is 4.72 Å². The van der Waals surface area contributed by atoms with Gasteiger partial charge in [0.15, 0.2) is 0 Å². The average Bonchev–Trinajstić information content (AvgIpc) is 3.03. The van der Waals surface area contributed by atoms with Gasteiger partial charge in [-0.3, -0.25) is 10.1 Å². The van der Waals surface area contributed by atoms with Gasteiger partial charge in [-0.2, -0.15) is 4.98 Å². The monoisotopic (exact) mass is 377 g/mol. The first-order valence-electron chi connectivity index (χ1n) is 7.25. The van der Waals surface area contributed by atoms with Crippen molar-refractivity contribution >= 4 is 21.7 Å². The van der Waals surface area contributed by atoms with E-state index in [9.17, 15) is 22.9 Å². The molecule has 0 unspecified atom stereocenters. The Morgan fingerprint density at radius 3 is 2.62 bits per heavy atom. The summed E-state index contributed by atoms with van der Waals surface area (Å²) < 4.78 is 41.1. The molecule has 1 aromatic heterocycles. The van der Waals surface area contributed by atoms with E-state index in [1.54, 1.807) is 12.1 Å². The summed E-state index contributed by atoms with van der Waals surface area (Å²) in [6.07, 6.45) is 1.31. The minimum Gasteiger partial charge on any atom is -0.258 e. The van der Waals surface area contributed by atoms with Crippen LogP contribution in [-0.2, 0) is 16.6 Å². The average molecular weight is 377 g/mol. The molecule has 0 saturated carbocycles. The molecule has 0 amide bonds. The van der Waals surface area contributed by atoms with E-state index in [2.05, 4.69) is 14.8 Å². The zero-order valence-corrected chi connectivity index (χ0v) is 13.9. The lowest BCUT2D eigenvalue weighted by molar-refractivity contribution is -0.385. The molecule has 3 rings (SSSR count). The molecule has 0 aliphatic heterocycles. The van der Waals surface area contributed by atoms with Crippen LogP contribution < -0.4 is 4.72 Å². The minimum atomic E-state index is -4.08. The molecule has 0 bridgehead atoms. The van der Waals surface area contributed by atoms with Crippen molar-refractivity contribution in [3.63, 3.8) is 0 Å². The lowest BCUT2D eigenvalue weighted by Gasteiger charge is -2.04. The number of halogens is 1. The maximum absolute atomic E-state index is 12.9. The molecule has 134 valence electrons. The molecule has 11 heteroatoms. The van der Waals surface area contributed by atoms with E-state index >= 15 is 0 Å². The normalized spacial score (nSPS) is 11.3. The third-order valence-electron chi connectivity index (χ3n) is 3.36. The van der Waals surface area contributed by atoms with E-state index in [1.807, 2.05) is 0 Å². The summed E-state index contributed by atoms with van der Waals surface area (Å²) in [4.78, 5) is 13.7. The molecule has 0 aliphatic carbocycles. The summed E-state index contributed by atoms with van der Waals surface area (Å²) in [6.45, 7) is 0.270. The van der Waals surface area contributed by atoms with Crippen molar-refractivity contribution in [3.05, 3.63) is 76.4 Å². The number of non-ortho nitro benzene ring substituents is 1. The second kappa shape index (κ2) is 6.88. The smallest absolute Gasteiger partial charge is 0.258 e. The van der Waals surface area contributed by atoms with Crippen molar-refractivity contribution in [2.24, 2.45) is 0 Å². The Morgan fingerprint density at radius 1 is 1.19 bits per heavy atom. The topological polar surface area (TPSA) is 120 Å². The highest BCUT2D eigenvalue weighted by Crippen LogP contribution is 2.19. The van der Waals surface area contributed by atoms with Gasteiger partial charge < -0.3 is 0 Å². The molecule has 0 saturated heterocycles. The lowest BCUT2D eigenvalue weighted by atomic mass is 10.2. The van der Waals surface area contributed by atoms with Gasteiger partial charge in [-0.1, -0.05) is 18.2 Å². The van der Waals surface area contributed by atoms with Crippen molar-refractivity contribution in [2.45, 2.75) is 11.4 Å². The lowest BCUT2D eigenvalue weighted by Crippen LogP contribution is -2.14. The van der Waals surface area contributed by atoms with E-state index < -0.39 is 14.9 Å². The van der Waals surface area contributed by atoms with E-state index in [0.717, 1.165) is 11.6 Å². The first kappa shape index (κ1) is 17.5. The van der Waals surface area contributed by atoms with E-state index in [0.29, 0.717) is 0 Å². The van der Waals surface area contributed by atoms with Crippen LogP contribution >= 0.6 is 0 Å². The Morgan fingerprint density at radius 2 is 1.92 bits per heavy atom. The molecule has 2 aromatic carbocycles. The number of hydrogen-bond donors (Lipinski definition) is 1. The molecule has 26 heavy (non-hydrogen) atoms. The molecule has 3 aromatic rings. The highest BCUT2D eigenvalue weighted by molar-refractivity contribution is 7.92. The van der Waals surface area contributed by atoms with Gasteiger partial charge in [0.2, 0.25) is 0 Å². The van der Waals surface area contributed by atoms with Crippen LogP contribution in [0.1, 0.15) is 5.56 Å². The molecule has 0 atom stereocenters. The van der Waals surface area contributed by atoms with Crippen molar-refractivity contribution in [3.8, 4) is 0 Å². The summed E-state index contributed by atoms with van der Waals surface area (Å²) in [7, 11) is -4.08. The fourth-order valence-corrected chi connectivity index (χ4v) is 3.12. The first-order valence-corrected chi connectivity index (χ1v) is 8.73. The molecule has 1 heterocycles. The van der Waals surface area contributed by atoms with Crippen molar-refractivity contribution < 1.29 is 17.7 Å². The maximum atomic E-state index is 12.9. The fraction of sp³-hybridized carbons (Fsp3) is 0.0667. The predicted octanol–water partition coefficient (Wildman–Crippen LogP) is 2.17. The van der Waals surface area contributed by atoms with Crippen molar-refractivity contribution in [1.82, 2.24) is 14.8 Å². The van der Waals surface area contributed by atoms with Gasteiger partial charge in [0.25, 0.3) is 21.7 Å². The van der Waals surface area contributed by atoms with Crippen LogP contribution in [0.4, 0.5) is 16.0 Å². The Kier molecular flexibility index (Phi) is 4.63. The number of nitrogens with zero attached hydrogens (tertiary/aromatic N) is 4. The van der Waals surface area contributed by atoms with Gasteiger partial charge in [0.05, 0.1) is 16.4 Å². The highest BCUT2D eigenvalue weighted by Gasteiger charge is 2.19. The van der Waals surface area contributed by atoms with Crippen LogP contribution in [0.15, 0.2) is 59.8 Å². The molecule has 0 spiro atoms. The summed E-state index contributed by atoms with van der Waals surface area (Å²) in [6, 6.07) is 10.4. The van der Waals surface area contributed by atoms with Crippen LogP contribution in [0, 0.1) is 15.9 Å². The number of benzene rings is 2. The highest BCUT2D eigenvalue weighted by atomic mass is 32.2. The molecular formula is C15H12FN5O4S. The third kappa shape index (κ3) is 4.00. The summed E-state index contributed by atoms with van der Waals surface area (Å²) in [5.41, 5.74) is 0.409. The van der Waals surface area contributed by atoms with Crippen LogP contribution in [0.3, 0.4) is 0 Å². The fourth-order valence-electron chi connectivity index (χ4n) is 2.14. The van der Waals surface area contributed by atoms with Crippen LogP contribution in [-0.4, -0.2) is 28.1 Å². The minimum absolute atomic E-state index is 0.182. The molecule has 1 N–H and O–H groups in total. The second-order valence-corrected chi connectivity index (χ2v) is 6.93. The molecule has 0 aliphatic rings. The number of nitrogens with one attached hydrogen (secondary N) is 1. The van der Waals surface area contributed by atoms with Gasteiger partial charge in [-0.05, 0) is 23.8 Å². The standard InChI is InChI=1S/C15H12FN5O4S/c16-12-6-4-11(5-7-12)9-20-10-17-15(18-20)19-26(24,25)14-3-1-2-13(8-14)21(22)23/h1-8,10H,9H2,(H,18,19). The van der Waals surface area contributed by atoms with Crippen LogP contribution in [0.2, 0.25) is 0 Å². The molecule has 9 nitrogen and oxygen atoms in total. The predicted molar refractivity (Wildman–Crippen MR) is 89.4 cm³/mol. The number of rotatable bonds is 6. The Bertz CT molecular complexity index is 1050. The number of nitro groups is 1. The Labute approximate surface area is 147 Å². The number of hydrogen-bond acceptors (Lipinski definition) is 6. The van der Waals surface area contributed by atoms with Gasteiger partial charge in [-0.25, -0.2) is 22.2 Å². The first-order chi connectivity index (χ1) is 12.3. The summed E-state index contributed by atoms with van der Waals surface area (Å²) >= 11 is 0. The number of sulfonamides is 1. The van der Waals surface area contributed by atoms with Gasteiger partial charge in [0.1, 0.15) is 12.1 Å². The Hall–Kier alpha value is -3.34. The van der Waals surface area contributed by atoms with E-state index in [1.165, 1.54) is 41.3 Å². The van der Waals surface area contributed by atoms with E-state index in [-0.39, 0.29) is 28.9 Å².